The quantitative estimate of drug-likeness (QED) is 0.547. The Kier molecular flexibility index (Phi) is 6.62. The fraction of sp³-hybridized carbons (Fsp3) is 0.263. The molecule has 0 radical (unpaired) electrons. The average Bonchev–Trinajstić information content (AvgIpc) is 2.54. The first-order chi connectivity index (χ1) is 11.8. The van der Waals surface area contributed by atoms with Gasteiger partial charge in [0, 0.05) is 10.6 Å². The first kappa shape index (κ1) is 19.5. The Morgan fingerprint density at radius 2 is 2.00 bits per heavy atom. The standard InChI is InChI=1S/C19H20BrClN2O2/c1-19(2,3)14-8-9-17(15(20)10-14)25-12-18(24)23-22-11-13-6-4-5-7-16(13)21/h4-11H,12H2,1-3H3,(H,23,24)/b22-11+. The number of carbonyl (C=O) groups excluding carboxylic acids is 1. The van der Waals surface area contributed by atoms with E-state index in [4.69, 9.17) is 16.3 Å². The van der Waals surface area contributed by atoms with Crippen molar-refractivity contribution in [3.63, 3.8) is 0 Å². The van der Waals surface area contributed by atoms with Crippen molar-refractivity contribution in [2.75, 3.05) is 6.61 Å². The zero-order valence-electron chi connectivity index (χ0n) is 14.3. The van der Waals surface area contributed by atoms with Gasteiger partial charge in [0.25, 0.3) is 5.91 Å². The second kappa shape index (κ2) is 8.50. The Morgan fingerprint density at radius 1 is 1.28 bits per heavy atom. The van der Waals surface area contributed by atoms with Crippen LogP contribution < -0.4 is 10.2 Å². The maximum Gasteiger partial charge on any atom is 0.277 e. The Labute approximate surface area is 161 Å². The molecule has 6 heteroatoms. The number of nitrogens with one attached hydrogen (secondary N) is 1. The molecule has 0 aromatic heterocycles. The van der Waals surface area contributed by atoms with Crippen molar-refractivity contribution in [1.82, 2.24) is 5.43 Å². The lowest BCUT2D eigenvalue weighted by Gasteiger charge is -2.20. The summed E-state index contributed by atoms with van der Waals surface area (Å²) in [5.41, 5.74) is 4.37. The van der Waals surface area contributed by atoms with E-state index in [1.165, 1.54) is 11.8 Å². The summed E-state index contributed by atoms with van der Waals surface area (Å²) in [6.45, 7) is 6.28. The molecule has 0 fully saturated rings. The molecule has 0 aliphatic carbocycles. The van der Waals surface area contributed by atoms with Crippen molar-refractivity contribution in [3.8, 4) is 5.75 Å². The Balaban J connectivity index is 1.89. The first-order valence-electron chi connectivity index (χ1n) is 7.76. The van der Waals surface area contributed by atoms with E-state index in [0.29, 0.717) is 10.8 Å². The number of hydrogen-bond acceptors (Lipinski definition) is 3. The van der Waals surface area contributed by atoms with Crippen molar-refractivity contribution in [3.05, 3.63) is 63.1 Å². The van der Waals surface area contributed by atoms with E-state index >= 15 is 0 Å². The molecule has 0 atom stereocenters. The van der Waals surface area contributed by atoms with Crippen LogP contribution >= 0.6 is 27.5 Å². The highest BCUT2D eigenvalue weighted by molar-refractivity contribution is 9.10. The van der Waals surface area contributed by atoms with E-state index in [2.05, 4.69) is 47.2 Å². The van der Waals surface area contributed by atoms with Gasteiger partial charge in [0.2, 0.25) is 0 Å². The summed E-state index contributed by atoms with van der Waals surface area (Å²) in [5.74, 6) is 0.258. The van der Waals surface area contributed by atoms with Gasteiger partial charge in [-0.2, -0.15) is 5.10 Å². The Hall–Kier alpha value is -1.85. The number of hydrazone groups is 1. The summed E-state index contributed by atoms with van der Waals surface area (Å²) >= 11 is 9.49. The van der Waals surface area contributed by atoms with Crippen molar-refractivity contribution in [2.24, 2.45) is 5.10 Å². The van der Waals surface area contributed by atoms with Crippen LogP contribution in [-0.4, -0.2) is 18.7 Å². The van der Waals surface area contributed by atoms with Gasteiger partial charge in [-0.05, 0) is 45.1 Å². The number of halogens is 2. The molecule has 0 heterocycles. The third-order valence-corrected chi connectivity index (χ3v) is 4.42. The molecule has 2 rings (SSSR count). The fourth-order valence-corrected chi connectivity index (χ4v) is 2.69. The highest BCUT2D eigenvalue weighted by Crippen LogP contribution is 2.31. The molecule has 2 aromatic carbocycles. The lowest BCUT2D eigenvalue weighted by atomic mass is 9.87. The van der Waals surface area contributed by atoms with E-state index in [0.717, 1.165) is 10.0 Å². The molecule has 1 amide bonds. The lowest BCUT2D eigenvalue weighted by molar-refractivity contribution is -0.123. The number of nitrogens with zero attached hydrogens (tertiary/aromatic N) is 1. The second-order valence-electron chi connectivity index (χ2n) is 6.50. The van der Waals surface area contributed by atoms with Gasteiger partial charge in [0.15, 0.2) is 6.61 Å². The summed E-state index contributed by atoms with van der Waals surface area (Å²) in [6, 6.07) is 13.1. The highest BCUT2D eigenvalue weighted by atomic mass is 79.9. The third kappa shape index (κ3) is 5.87. The van der Waals surface area contributed by atoms with Crippen LogP contribution in [0.5, 0.6) is 5.75 Å². The monoisotopic (exact) mass is 422 g/mol. The minimum Gasteiger partial charge on any atom is -0.483 e. The molecule has 0 spiro atoms. The maximum atomic E-state index is 11.8. The number of amides is 1. The van der Waals surface area contributed by atoms with Gasteiger partial charge < -0.3 is 4.74 Å². The highest BCUT2D eigenvalue weighted by Gasteiger charge is 2.15. The van der Waals surface area contributed by atoms with Crippen molar-refractivity contribution in [2.45, 2.75) is 26.2 Å². The average molecular weight is 424 g/mol. The molecule has 0 saturated heterocycles. The van der Waals surface area contributed by atoms with E-state index in [1.54, 1.807) is 6.07 Å². The summed E-state index contributed by atoms with van der Waals surface area (Å²) in [5, 5.41) is 4.45. The summed E-state index contributed by atoms with van der Waals surface area (Å²) in [6.07, 6.45) is 1.49. The molecule has 0 aliphatic heterocycles. The van der Waals surface area contributed by atoms with Crippen molar-refractivity contribution >= 4 is 39.7 Å². The van der Waals surface area contributed by atoms with Gasteiger partial charge in [-0.1, -0.05) is 56.6 Å². The smallest absolute Gasteiger partial charge is 0.277 e. The van der Waals surface area contributed by atoms with Crippen molar-refractivity contribution in [1.29, 1.82) is 0 Å². The summed E-state index contributed by atoms with van der Waals surface area (Å²) < 4.78 is 6.35. The Bertz CT molecular complexity index is 785. The van der Waals surface area contributed by atoms with Crippen LogP contribution in [0, 0.1) is 0 Å². The van der Waals surface area contributed by atoms with Crippen LogP contribution in [0.4, 0.5) is 0 Å². The predicted molar refractivity (Wildman–Crippen MR) is 106 cm³/mol. The topological polar surface area (TPSA) is 50.7 Å². The van der Waals surface area contributed by atoms with Crippen LogP contribution in [0.2, 0.25) is 5.02 Å². The molecule has 132 valence electrons. The van der Waals surface area contributed by atoms with E-state index < -0.39 is 0 Å². The number of benzene rings is 2. The number of rotatable bonds is 5. The molecule has 1 N–H and O–H groups in total. The number of carbonyl (C=O) groups is 1. The maximum absolute atomic E-state index is 11.8. The summed E-state index contributed by atoms with van der Waals surface area (Å²) in [4.78, 5) is 11.8. The molecule has 4 nitrogen and oxygen atoms in total. The van der Waals surface area contributed by atoms with E-state index in [-0.39, 0.29) is 17.9 Å². The van der Waals surface area contributed by atoms with Gasteiger partial charge in [0.05, 0.1) is 10.7 Å². The SMILES string of the molecule is CC(C)(C)c1ccc(OCC(=O)N/N=C/c2ccccc2Cl)c(Br)c1. The number of ether oxygens (including phenoxy) is 1. The molecule has 0 bridgehead atoms. The lowest BCUT2D eigenvalue weighted by Crippen LogP contribution is -2.24. The van der Waals surface area contributed by atoms with Gasteiger partial charge >= 0.3 is 0 Å². The molecule has 0 aliphatic rings. The van der Waals surface area contributed by atoms with Crippen LogP contribution in [0.25, 0.3) is 0 Å². The largest absolute Gasteiger partial charge is 0.483 e. The molecular weight excluding hydrogens is 404 g/mol. The van der Waals surface area contributed by atoms with Crippen LogP contribution in [-0.2, 0) is 10.2 Å². The predicted octanol–water partition coefficient (Wildman–Crippen LogP) is 4.93. The zero-order valence-corrected chi connectivity index (χ0v) is 16.7. The first-order valence-corrected chi connectivity index (χ1v) is 8.94. The normalized spacial score (nSPS) is 11.6. The fourth-order valence-electron chi connectivity index (χ4n) is 2.01. The molecule has 2 aromatic rings. The summed E-state index contributed by atoms with van der Waals surface area (Å²) in [7, 11) is 0. The van der Waals surface area contributed by atoms with E-state index in [1.807, 2.05) is 36.4 Å². The van der Waals surface area contributed by atoms with Gasteiger partial charge in [-0.3, -0.25) is 4.79 Å². The third-order valence-electron chi connectivity index (χ3n) is 3.45. The molecule has 25 heavy (non-hydrogen) atoms. The molecule has 0 saturated carbocycles. The van der Waals surface area contributed by atoms with Crippen molar-refractivity contribution < 1.29 is 9.53 Å². The second-order valence-corrected chi connectivity index (χ2v) is 7.76. The van der Waals surface area contributed by atoms with Gasteiger partial charge in [-0.25, -0.2) is 5.43 Å². The van der Waals surface area contributed by atoms with Gasteiger partial charge in [0.1, 0.15) is 5.75 Å². The minimum atomic E-state index is -0.352. The Morgan fingerprint density at radius 3 is 2.64 bits per heavy atom. The molecule has 0 unspecified atom stereocenters. The van der Waals surface area contributed by atoms with Crippen LogP contribution in [0.1, 0.15) is 31.9 Å². The minimum absolute atomic E-state index is 0.0475. The van der Waals surface area contributed by atoms with Crippen LogP contribution in [0.3, 0.4) is 0 Å². The van der Waals surface area contributed by atoms with Crippen LogP contribution in [0.15, 0.2) is 52.0 Å². The zero-order chi connectivity index (χ0) is 18.4. The van der Waals surface area contributed by atoms with Gasteiger partial charge in [-0.15, -0.1) is 0 Å². The number of hydrogen-bond donors (Lipinski definition) is 1. The molecular formula is C19H20BrClN2O2. The van der Waals surface area contributed by atoms with E-state index in [9.17, 15) is 4.79 Å².